The maximum absolute atomic E-state index is 4.60. The first-order chi connectivity index (χ1) is 10.2. The van der Waals surface area contributed by atoms with Crippen LogP contribution in [0.4, 0.5) is 0 Å². The summed E-state index contributed by atoms with van der Waals surface area (Å²) in [4.78, 5) is 4.57. The first-order valence-corrected chi connectivity index (χ1v) is 8.43. The molecule has 1 aromatic carbocycles. The van der Waals surface area contributed by atoms with E-state index >= 15 is 0 Å². The summed E-state index contributed by atoms with van der Waals surface area (Å²) >= 11 is 3.67. The van der Waals surface area contributed by atoms with E-state index < -0.39 is 0 Å². The van der Waals surface area contributed by atoms with E-state index in [9.17, 15) is 0 Å². The van der Waals surface area contributed by atoms with Crippen molar-refractivity contribution in [3.8, 4) is 5.69 Å². The Morgan fingerprint density at radius 1 is 1.19 bits per heavy atom. The lowest BCUT2D eigenvalue weighted by atomic mass is 10.2. The lowest BCUT2D eigenvalue weighted by Crippen LogP contribution is -2.14. The molecule has 0 spiro atoms. The van der Waals surface area contributed by atoms with Gasteiger partial charge in [0.1, 0.15) is 5.82 Å². The molecular formula is C16H23BrN4. The van der Waals surface area contributed by atoms with E-state index in [0.29, 0.717) is 0 Å². The highest BCUT2D eigenvalue weighted by Gasteiger charge is 2.12. The fourth-order valence-corrected chi connectivity index (χ4v) is 2.80. The molecule has 0 unspecified atom stereocenters. The van der Waals surface area contributed by atoms with Crippen LogP contribution in [0.3, 0.4) is 0 Å². The summed E-state index contributed by atoms with van der Waals surface area (Å²) in [6, 6.07) is 6.42. The molecule has 2 rings (SSSR count). The van der Waals surface area contributed by atoms with E-state index in [4.69, 9.17) is 0 Å². The predicted molar refractivity (Wildman–Crippen MR) is 89.8 cm³/mol. The smallest absolute Gasteiger partial charge is 0.151 e. The molecule has 1 N–H and O–H groups in total. The third-order valence-corrected chi connectivity index (χ3v) is 3.98. The van der Waals surface area contributed by atoms with Crippen molar-refractivity contribution in [1.82, 2.24) is 20.1 Å². The van der Waals surface area contributed by atoms with Crippen LogP contribution < -0.4 is 5.32 Å². The predicted octanol–water partition coefficient (Wildman–Crippen LogP) is 3.65. The molecule has 0 amide bonds. The minimum atomic E-state index is 0.858. The highest BCUT2D eigenvalue weighted by Crippen LogP contribution is 2.23. The molecule has 0 aliphatic rings. The molecule has 4 nitrogen and oxygen atoms in total. The van der Waals surface area contributed by atoms with Gasteiger partial charge in [-0.2, -0.15) is 5.10 Å². The van der Waals surface area contributed by atoms with Gasteiger partial charge >= 0.3 is 0 Å². The highest BCUT2D eigenvalue weighted by atomic mass is 79.9. The number of aryl methyl sites for hydroxylation is 2. The number of aromatic nitrogens is 3. The summed E-state index contributed by atoms with van der Waals surface area (Å²) < 4.78 is 3.01. The molecule has 0 aliphatic heterocycles. The topological polar surface area (TPSA) is 42.7 Å². The summed E-state index contributed by atoms with van der Waals surface area (Å²) in [7, 11) is 0. The van der Waals surface area contributed by atoms with E-state index in [1.807, 2.05) is 4.68 Å². The quantitative estimate of drug-likeness (QED) is 0.775. The Kier molecular flexibility index (Phi) is 5.94. The van der Waals surface area contributed by atoms with Crippen molar-refractivity contribution < 1.29 is 0 Å². The molecule has 1 aromatic heterocycles. The molecule has 0 saturated heterocycles. The molecule has 0 bridgehead atoms. The summed E-state index contributed by atoms with van der Waals surface area (Å²) in [5, 5.41) is 8.01. The first kappa shape index (κ1) is 16.2. The van der Waals surface area contributed by atoms with Crippen molar-refractivity contribution in [3.05, 3.63) is 39.9 Å². The third kappa shape index (κ3) is 3.92. The Hall–Kier alpha value is -1.20. The number of nitrogens with one attached hydrogen (secondary N) is 1. The van der Waals surface area contributed by atoms with Gasteiger partial charge < -0.3 is 5.32 Å². The average molecular weight is 351 g/mol. The number of halogens is 1. The number of hydrogen-bond acceptors (Lipinski definition) is 3. The van der Waals surface area contributed by atoms with Gasteiger partial charge in [-0.25, -0.2) is 9.67 Å². The lowest BCUT2D eigenvalue weighted by molar-refractivity contribution is 0.675. The second-order valence-electron chi connectivity index (χ2n) is 5.03. The van der Waals surface area contributed by atoms with Crippen LogP contribution in [0.25, 0.3) is 5.69 Å². The van der Waals surface area contributed by atoms with Gasteiger partial charge in [-0.3, -0.25) is 0 Å². The van der Waals surface area contributed by atoms with E-state index in [2.05, 4.69) is 70.3 Å². The molecule has 0 radical (unpaired) electrons. The Morgan fingerprint density at radius 3 is 2.62 bits per heavy atom. The molecule has 2 aromatic rings. The van der Waals surface area contributed by atoms with Crippen molar-refractivity contribution in [2.75, 3.05) is 6.54 Å². The van der Waals surface area contributed by atoms with Gasteiger partial charge in [0.25, 0.3) is 0 Å². The second-order valence-corrected chi connectivity index (χ2v) is 5.88. The van der Waals surface area contributed by atoms with Crippen LogP contribution in [0.2, 0.25) is 0 Å². The van der Waals surface area contributed by atoms with Gasteiger partial charge in [-0.15, -0.1) is 0 Å². The monoisotopic (exact) mass is 350 g/mol. The molecule has 5 heteroatoms. The molecule has 0 aliphatic carbocycles. The maximum atomic E-state index is 4.60. The maximum Gasteiger partial charge on any atom is 0.151 e. The van der Waals surface area contributed by atoms with E-state index in [-0.39, 0.29) is 0 Å². The van der Waals surface area contributed by atoms with Crippen LogP contribution in [0.15, 0.2) is 22.7 Å². The van der Waals surface area contributed by atoms with Crippen LogP contribution in [-0.4, -0.2) is 21.3 Å². The van der Waals surface area contributed by atoms with Gasteiger partial charge in [-0.05, 0) is 46.6 Å². The van der Waals surface area contributed by atoms with Crippen molar-refractivity contribution in [3.63, 3.8) is 0 Å². The van der Waals surface area contributed by atoms with Crippen LogP contribution in [0, 0.1) is 0 Å². The lowest BCUT2D eigenvalue weighted by Gasteiger charge is -2.10. The minimum absolute atomic E-state index is 0.858. The summed E-state index contributed by atoms with van der Waals surface area (Å²) in [6.45, 7) is 8.30. The summed E-state index contributed by atoms with van der Waals surface area (Å²) in [6.07, 6.45) is 2.88. The molecule has 0 atom stereocenters. The van der Waals surface area contributed by atoms with Crippen molar-refractivity contribution in [1.29, 1.82) is 0 Å². The van der Waals surface area contributed by atoms with Gasteiger partial charge in [0.2, 0.25) is 0 Å². The normalized spacial score (nSPS) is 11.0. The molecular weight excluding hydrogens is 328 g/mol. The molecule has 0 saturated carbocycles. The number of nitrogens with zero attached hydrogens (tertiary/aromatic N) is 3. The highest BCUT2D eigenvalue weighted by molar-refractivity contribution is 9.10. The van der Waals surface area contributed by atoms with Crippen LogP contribution in [0.1, 0.15) is 44.4 Å². The van der Waals surface area contributed by atoms with Crippen LogP contribution in [-0.2, 0) is 19.4 Å². The third-order valence-electron chi connectivity index (χ3n) is 3.35. The zero-order valence-corrected chi connectivity index (χ0v) is 14.6. The fourth-order valence-electron chi connectivity index (χ4n) is 2.20. The van der Waals surface area contributed by atoms with Gasteiger partial charge in [-0.1, -0.05) is 26.8 Å². The zero-order valence-electron chi connectivity index (χ0n) is 13.0. The molecule has 0 fully saturated rings. The van der Waals surface area contributed by atoms with Gasteiger partial charge in [0.15, 0.2) is 5.82 Å². The molecule has 114 valence electrons. The Labute approximate surface area is 135 Å². The largest absolute Gasteiger partial charge is 0.313 e. The van der Waals surface area contributed by atoms with E-state index in [0.717, 1.165) is 54.2 Å². The standard InChI is InChI=1S/C16H23BrN4/c1-4-9-18-11-12-7-8-14(13(17)10-12)21-16(6-3)19-15(5-2)20-21/h7-8,10,18H,4-6,9,11H2,1-3H3. The zero-order chi connectivity index (χ0) is 15.2. The fraction of sp³-hybridized carbons (Fsp3) is 0.500. The van der Waals surface area contributed by atoms with Crippen molar-refractivity contribution >= 4 is 15.9 Å². The average Bonchev–Trinajstić information content (AvgIpc) is 2.91. The minimum Gasteiger partial charge on any atom is -0.313 e. The summed E-state index contributed by atoms with van der Waals surface area (Å²) in [5.41, 5.74) is 2.33. The van der Waals surface area contributed by atoms with Gasteiger partial charge in [0.05, 0.1) is 5.69 Å². The van der Waals surface area contributed by atoms with Crippen LogP contribution in [0.5, 0.6) is 0 Å². The Morgan fingerprint density at radius 2 is 2.00 bits per heavy atom. The van der Waals surface area contributed by atoms with E-state index in [1.165, 1.54) is 5.56 Å². The Bertz CT molecular complexity index is 592. The number of benzene rings is 1. The van der Waals surface area contributed by atoms with E-state index in [1.54, 1.807) is 0 Å². The van der Waals surface area contributed by atoms with Crippen LogP contribution >= 0.6 is 15.9 Å². The van der Waals surface area contributed by atoms with Crippen molar-refractivity contribution in [2.45, 2.75) is 46.6 Å². The first-order valence-electron chi connectivity index (χ1n) is 7.63. The second kappa shape index (κ2) is 7.71. The number of hydrogen-bond donors (Lipinski definition) is 1. The Balaban J connectivity index is 2.26. The molecule has 21 heavy (non-hydrogen) atoms. The SMILES string of the molecule is CCCNCc1ccc(-n2nc(CC)nc2CC)c(Br)c1. The van der Waals surface area contributed by atoms with Crippen molar-refractivity contribution in [2.24, 2.45) is 0 Å². The summed E-state index contributed by atoms with van der Waals surface area (Å²) in [5.74, 6) is 1.90. The van der Waals surface area contributed by atoms with Gasteiger partial charge in [0, 0.05) is 23.9 Å². The molecule has 1 heterocycles. The number of rotatable bonds is 7.